The molecule has 4 heteroatoms. The third-order valence-corrected chi connectivity index (χ3v) is 5.85. The molecule has 1 aliphatic rings. The Balaban J connectivity index is 2.15. The first kappa shape index (κ1) is 18.1. The molecule has 0 unspecified atom stereocenters. The van der Waals surface area contributed by atoms with Crippen LogP contribution in [0.15, 0.2) is 24.3 Å². The number of carbonyl (C=O) groups is 1. The van der Waals surface area contributed by atoms with Crippen molar-refractivity contribution in [1.29, 1.82) is 0 Å². The number of nitrogens with two attached hydrogens (primary N) is 1. The lowest BCUT2D eigenvalue weighted by atomic mass is 9.89. The highest BCUT2D eigenvalue weighted by molar-refractivity contribution is 6.33. The maximum atomic E-state index is 12.3. The molecule has 2 N–H and O–H groups in total. The molecule has 1 saturated carbocycles. The average molecular weight is 359 g/mol. The maximum absolute atomic E-state index is 12.3. The van der Waals surface area contributed by atoms with Crippen LogP contribution in [0.25, 0.3) is 11.1 Å². The van der Waals surface area contributed by atoms with E-state index in [1.54, 1.807) is 0 Å². The number of primary amides is 1. The minimum Gasteiger partial charge on any atom is -0.366 e. The van der Waals surface area contributed by atoms with Crippen molar-refractivity contribution in [3.8, 4) is 11.1 Å². The Labute approximate surface area is 155 Å². The van der Waals surface area contributed by atoms with Crippen LogP contribution in [-0.4, -0.2) is 10.5 Å². The summed E-state index contributed by atoms with van der Waals surface area (Å²) < 4.78 is 2.33. The summed E-state index contributed by atoms with van der Waals surface area (Å²) in [6.07, 6.45) is 7.36. The van der Waals surface area contributed by atoms with E-state index in [1.165, 1.54) is 37.8 Å². The van der Waals surface area contributed by atoms with Gasteiger partial charge < -0.3 is 10.3 Å². The Morgan fingerprint density at radius 3 is 2.52 bits per heavy atom. The second kappa shape index (κ2) is 7.65. The minimum absolute atomic E-state index is 0.371. The van der Waals surface area contributed by atoms with Crippen LogP contribution >= 0.6 is 11.6 Å². The number of carbonyl (C=O) groups excluding carboxylic acids is 1. The average Bonchev–Trinajstić information content (AvgIpc) is 2.88. The van der Waals surface area contributed by atoms with Gasteiger partial charge in [-0.25, -0.2) is 0 Å². The molecule has 1 aromatic carbocycles. The molecule has 0 atom stereocenters. The third kappa shape index (κ3) is 3.48. The zero-order valence-electron chi connectivity index (χ0n) is 15.1. The molecule has 1 fully saturated rings. The first-order chi connectivity index (χ1) is 12.0. The van der Waals surface area contributed by atoms with Crippen molar-refractivity contribution in [2.45, 2.75) is 58.9 Å². The van der Waals surface area contributed by atoms with Gasteiger partial charge >= 0.3 is 0 Å². The molecule has 0 aliphatic heterocycles. The lowest BCUT2D eigenvalue weighted by Crippen LogP contribution is -2.17. The van der Waals surface area contributed by atoms with Gasteiger partial charge in [-0.05, 0) is 38.2 Å². The molecular weight excluding hydrogens is 332 g/mol. The molecule has 0 spiro atoms. The second-order valence-corrected chi connectivity index (χ2v) is 7.50. The van der Waals surface area contributed by atoms with Crippen LogP contribution in [0.5, 0.6) is 0 Å². The van der Waals surface area contributed by atoms with Crippen molar-refractivity contribution in [1.82, 2.24) is 4.57 Å². The highest BCUT2D eigenvalue weighted by Gasteiger charge is 2.26. The zero-order chi connectivity index (χ0) is 18.0. The van der Waals surface area contributed by atoms with Crippen LogP contribution in [0.1, 0.15) is 60.8 Å². The van der Waals surface area contributed by atoms with Gasteiger partial charge in [0.05, 0.1) is 5.56 Å². The molecule has 3 rings (SSSR count). The third-order valence-electron chi connectivity index (χ3n) is 5.52. The van der Waals surface area contributed by atoms with E-state index >= 15 is 0 Å². The molecule has 1 aliphatic carbocycles. The van der Waals surface area contributed by atoms with Crippen molar-refractivity contribution in [3.05, 3.63) is 46.2 Å². The maximum Gasteiger partial charge on any atom is 0.251 e. The summed E-state index contributed by atoms with van der Waals surface area (Å²) in [6, 6.07) is 7.72. The Bertz CT molecular complexity index is 772. The number of benzene rings is 1. The fraction of sp³-hybridized carbons (Fsp3) is 0.476. The van der Waals surface area contributed by atoms with E-state index in [-0.39, 0.29) is 5.91 Å². The van der Waals surface area contributed by atoms with Crippen LogP contribution in [-0.2, 0) is 13.0 Å². The summed E-state index contributed by atoms with van der Waals surface area (Å²) in [5.41, 5.74) is 10.4. The standard InChI is InChI=1S/C21H27ClN2O/c1-3-18-20(16-11-7-8-12-17(16)22)19(21(23)25)14(2)24(18)13-15-9-5-4-6-10-15/h7-8,11-12,15H,3-6,9-10,13H2,1-2H3,(H2,23,25). The predicted molar refractivity (Wildman–Crippen MR) is 104 cm³/mol. The summed E-state index contributed by atoms with van der Waals surface area (Å²) in [4.78, 5) is 12.3. The lowest BCUT2D eigenvalue weighted by Gasteiger charge is -2.24. The van der Waals surface area contributed by atoms with E-state index in [9.17, 15) is 4.79 Å². The van der Waals surface area contributed by atoms with Gasteiger partial charge in [0.15, 0.2) is 0 Å². The fourth-order valence-corrected chi connectivity index (χ4v) is 4.53. The topological polar surface area (TPSA) is 48.0 Å². The van der Waals surface area contributed by atoms with Crippen molar-refractivity contribution >= 4 is 17.5 Å². The minimum atomic E-state index is -0.371. The van der Waals surface area contributed by atoms with Crippen LogP contribution in [0, 0.1) is 12.8 Å². The number of nitrogens with zero attached hydrogens (tertiary/aromatic N) is 1. The van der Waals surface area contributed by atoms with Crippen molar-refractivity contribution in [2.75, 3.05) is 0 Å². The monoisotopic (exact) mass is 358 g/mol. The summed E-state index contributed by atoms with van der Waals surface area (Å²) in [5, 5.41) is 0.662. The van der Waals surface area contributed by atoms with Gasteiger partial charge in [0.2, 0.25) is 0 Å². The molecular formula is C21H27ClN2O. The molecule has 1 heterocycles. The van der Waals surface area contributed by atoms with E-state index in [0.29, 0.717) is 16.5 Å². The van der Waals surface area contributed by atoms with Crippen molar-refractivity contribution in [2.24, 2.45) is 11.7 Å². The highest BCUT2D eigenvalue weighted by atomic mass is 35.5. The van der Waals surface area contributed by atoms with Gasteiger partial charge in [-0.2, -0.15) is 0 Å². The van der Waals surface area contributed by atoms with Crippen molar-refractivity contribution < 1.29 is 4.79 Å². The molecule has 134 valence electrons. The van der Waals surface area contributed by atoms with Gasteiger partial charge in [-0.3, -0.25) is 4.79 Å². The summed E-state index contributed by atoms with van der Waals surface area (Å²) >= 11 is 6.46. The number of hydrogen-bond donors (Lipinski definition) is 1. The molecule has 2 aromatic rings. The van der Waals surface area contributed by atoms with Crippen LogP contribution in [0.3, 0.4) is 0 Å². The van der Waals surface area contributed by atoms with Crippen LogP contribution in [0.2, 0.25) is 5.02 Å². The molecule has 0 radical (unpaired) electrons. The zero-order valence-corrected chi connectivity index (χ0v) is 15.9. The number of hydrogen-bond acceptors (Lipinski definition) is 1. The molecule has 1 aromatic heterocycles. The smallest absolute Gasteiger partial charge is 0.251 e. The molecule has 0 bridgehead atoms. The summed E-state index contributed by atoms with van der Waals surface area (Å²) in [5.74, 6) is 0.314. The molecule has 0 saturated heterocycles. The van der Waals surface area contributed by atoms with Gasteiger partial charge in [-0.15, -0.1) is 0 Å². The quantitative estimate of drug-likeness (QED) is 0.768. The predicted octanol–water partition coefficient (Wildman–Crippen LogP) is 5.36. The number of amides is 1. The normalized spacial score (nSPS) is 15.5. The lowest BCUT2D eigenvalue weighted by molar-refractivity contribution is 0.1000. The molecule has 3 nitrogen and oxygen atoms in total. The van der Waals surface area contributed by atoms with Gasteiger partial charge in [0, 0.05) is 34.1 Å². The van der Waals surface area contributed by atoms with E-state index in [1.807, 2.05) is 31.2 Å². The highest BCUT2D eigenvalue weighted by Crippen LogP contribution is 2.38. The summed E-state index contributed by atoms with van der Waals surface area (Å²) in [6.45, 7) is 5.12. The first-order valence-electron chi connectivity index (χ1n) is 9.31. The van der Waals surface area contributed by atoms with Crippen LogP contribution in [0.4, 0.5) is 0 Å². The number of rotatable bonds is 5. The Kier molecular flexibility index (Phi) is 5.53. The Morgan fingerprint density at radius 1 is 1.24 bits per heavy atom. The summed E-state index contributed by atoms with van der Waals surface area (Å²) in [7, 11) is 0. The SMILES string of the molecule is CCc1c(-c2ccccc2Cl)c(C(N)=O)c(C)n1CC1CCCCC1. The van der Waals surface area contributed by atoms with E-state index in [4.69, 9.17) is 17.3 Å². The van der Waals surface area contributed by atoms with E-state index in [2.05, 4.69) is 11.5 Å². The van der Waals surface area contributed by atoms with Gasteiger partial charge in [0.25, 0.3) is 5.91 Å². The number of halogens is 1. The number of aromatic nitrogens is 1. The second-order valence-electron chi connectivity index (χ2n) is 7.09. The van der Waals surface area contributed by atoms with E-state index in [0.717, 1.165) is 29.8 Å². The van der Waals surface area contributed by atoms with E-state index < -0.39 is 0 Å². The largest absolute Gasteiger partial charge is 0.366 e. The molecule has 25 heavy (non-hydrogen) atoms. The Hall–Kier alpha value is -1.74. The fourth-order valence-electron chi connectivity index (χ4n) is 4.30. The Morgan fingerprint density at radius 2 is 1.92 bits per heavy atom. The first-order valence-corrected chi connectivity index (χ1v) is 9.69. The van der Waals surface area contributed by atoms with Crippen molar-refractivity contribution in [3.63, 3.8) is 0 Å². The van der Waals surface area contributed by atoms with Gasteiger partial charge in [0.1, 0.15) is 0 Å². The van der Waals surface area contributed by atoms with Crippen LogP contribution < -0.4 is 5.73 Å². The van der Waals surface area contributed by atoms with Gasteiger partial charge in [-0.1, -0.05) is 56.0 Å². The molecule has 1 amide bonds.